The van der Waals surface area contributed by atoms with Crippen LogP contribution in [0.5, 0.6) is 5.75 Å². The molecule has 0 radical (unpaired) electrons. The Morgan fingerprint density at radius 1 is 1.14 bits per heavy atom. The molecular weight excluding hydrogens is 291 g/mol. The van der Waals surface area contributed by atoms with Gasteiger partial charge in [0, 0.05) is 28.9 Å². The predicted molar refractivity (Wildman–Crippen MR) is 86.8 cm³/mol. The molecule has 0 fully saturated rings. The number of fused-ring (bicyclic) bond motifs is 3. The van der Waals surface area contributed by atoms with Gasteiger partial charge in [-0.25, -0.2) is 4.39 Å². The topological polar surface area (TPSA) is 51.0 Å². The van der Waals surface area contributed by atoms with E-state index in [2.05, 4.69) is 11.1 Å². The number of aromatic nitrogens is 1. The number of ether oxygens (including phenoxy) is 1. The second-order valence-corrected chi connectivity index (χ2v) is 4.55. The monoisotopic (exact) mass is 306 g/mol. The zero-order valence-corrected chi connectivity index (χ0v) is 12.1. The molecule has 2 aromatic carbocycles. The Bertz CT molecular complexity index is 782. The highest BCUT2D eigenvalue weighted by molar-refractivity contribution is 6.07. The van der Waals surface area contributed by atoms with E-state index >= 15 is 0 Å². The van der Waals surface area contributed by atoms with Crippen molar-refractivity contribution in [2.45, 2.75) is 0 Å². The number of hydrogen-bond acceptors (Lipinski definition) is 2. The molecule has 3 rings (SSSR count). The SMILES string of the molecule is Cl.NC/C=C(\F)COc1ccc2c(c1)[nH]c1ccccc12. The lowest BCUT2D eigenvalue weighted by Gasteiger charge is -2.04. The van der Waals surface area contributed by atoms with E-state index in [9.17, 15) is 4.39 Å². The van der Waals surface area contributed by atoms with Crippen LogP contribution in [0.1, 0.15) is 0 Å². The molecule has 5 heteroatoms. The Morgan fingerprint density at radius 2 is 1.90 bits per heavy atom. The van der Waals surface area contributed by atoms with Crippen LogP contribution in [-0.4, -0.2) is 18.1 Å². The van der Waals surface area contributed by atoms with Crippen LogP contribution in [0.15, 0.2) is 54.4 Å². The Labute approximate surface area is 128 Å². The molecule has 0 aliphatic rings. The predicted octanol–water partition coefficient (Wildman–Crippen LogP) is 3.93. The molecule has 1 heterocycles. The fourth-order valence-corrected chi connectivity index (χ4v) is 2.26. The summed E-state index contributed by atoms with van der Waals surface area (Å²) in [6.45, 7) is 0.0825. The fourth-order valence-electron chi connectivity index (χ4n) is 2.26. The minimum Gasteiger partial charge on any atom is -0.486 e. The van der Waals surface area contributed by atoms with E-state index in [1.807, 2.05) is 36.4 Å². The third-order valence-electron chi connectivity index (χ3n) is 3.19. The van der Waals surface area contributed by atoms with Crippen molar-refractivity contribution < 1.29 is 9.13 Å². The molecule has 3 aromatic rings. The van der Waals surface area contributed by atoms with Crippen molar-refractivity contribution in [2.75, 3.05) is 13.2 Å². The molecular formula is C16H16ClFN2O. The van der Waals surface area contributed by atoms with Gasteiger partial charge < -0.3 is 15.5 Å². The summed E-state index contributed by atoms with van der Waals surface area (Å²) in [6, 6.07) is 13.8. The Balaban J connectivity index is 0.00000161. The first-order chi connectivity index (χ1) is 9.78. The van der Waals surface area contributed by atoms with Gasteiger partial charge in [-0.2, -0.15) is 0 Å². The molecule has 0 aliphatic heterocycles. The van der Waals surface area contributed by atoms with Crippen LogP contribution in [-0.2, 0) is 0 Å². The van der Waals surface area contributed by atoms with E-state index in [1.54, 1.807) is 0 Å². The molecule has 0 amide bonds. The molecule has 0 bridgehead atoms. The first-order valence-corrected chi connectivity index (χ1v) is 6.46. The first kappa shape index (κ1) is 15.4. The minimum atomic E-state index is -0.357. The summed E-state index contributed by atoms with van der Waals surface area (Å²) in [7, 11) is 0. The molecule has 110 valence electrons. The van der Waals surface area contributed by atoms with E-state index in [1.165, 1.54) is 11.5 Å². The van der Waals surface area contributed by atoms with E-state index < -0.39 is 0 Å². The minimum absolute atomic E-state index is 0. The summed E-state index contributed by atoms with van der Waals surface area (Å²) in [4.78, 5) is 3.32. The van der Waals surface area contributed by atoms with Gasteiger partial charge in [0.25, 0.3) is 0 Å². The molecule has 1 aromatic heterocycles. The van der Waals surface area contributed by atoms with Crippen LogP contribution in [0.25, 0.3) is 21.8 Å². The van der Waals surface area contributed by atoms with Crippen LogP contribution < -0.4 is 10.5 Å². The van der Waals surface area contributed by atoms with E-state index in [0.29, 0.717) is 5.75 Å². The van der Waals surface area contributed by atoms with Gasteiger partial charge in [-0.05, 0) is 24.3 Å². The highest BCUT2D eigenvalue weighted by atomic mass is 35.5. The maximum absolute atomic E-state index is 13.2. The fraction of sp³-hybridized carbons (Fsp3) is 0.125. The van der Waals surface area contributed by atoms with Gasteiger partial charge in [-0.3, -0.25) is 0 Å². The molecule has 0 unspecified atom stereocenters. The van der Waals surface area contributed by atoms with Crippen molar-refractivity contribution in [3.05, 3.63) is 54.4 Å². The number of rotatable bonds is 4. The van der Waals surface area contributed by atoms with Crippen molar-refractivity contribution in [2.24, 2.45) is 5.73 Å². The summed E-state index contributed by atoms with van der Waals surface area (Å²) >= 11 is 0. The molecule has 0 aliphatic carbocycles. The molecule has 21 heavy (non-hydrogen) atoms. The molecule has 0 spiro atoms. The number of nitrogens with one attached hydrogen (secondary N) is 1. The lowest BCUT2D eigenvalue weighted by Crippen LogP contribution is -2.01. The second-order valence-electron chi connectivity index (χ2n) is 4.55. The maximum atomic E-state index is 13.2. The smallest absolute Gasteiger partial charge is 0.139 e. The van der Waals surface area contributed by atoms with Crippen molar-refractivity contribution in [3.8, 4) is 5.75 Å². The summed E-state index contributed by atoms with van der Waals surface area (Å²) in [5.41, 5.74) is 7.30. The number of nitrogens with two attached hydrogens (primary N) is 1. The zero-order chi connectivity index (χ0) is 13.9. The average molecular weight is 307 g/mol. The lowest BCUT2D eigenvalue weighted by molar-refractivity contribution is 0.318. The third-order valence-corrected chi connectivity index (χ3v) is 3.19. The summed E-state index contributed by atoms with van der Waals surface area (Å²) in [5.74, 6) is 0.272. The summed E-state index contributed by atoms with van der Waals surface area (Å²) in [6.07, 6.45) is 1.31. The van der Waals surface area contributed by atoms with Gasteiger partial charge in [0.15, 0.2) is 0 Å². The van der Waals surface area contributed by atoms with Gasteiger partial charge in [0.2, 0.25) is 0 Å². The van der Waals surface area contributed by atoms with Crippen LogP contribution >= 0.6 is 12.4 Å². The number of para-hydroxylation sites is 1. The van der Waals surface area contributed by atoms with Crippen LogP contribution in [0.2, 0.25) is 0 Å². The van der Waals surface area contributed by atoms with Gasteiger partial charge in [-0.15, -0.1) is 12.4 Å². The summed E-state index contributed by atoms with van der Waals surface area (Å²) < 4.78 is 18.6. The molecule has 3 nitrogen and oxygen atoms in total. The van der Waals surface area contributed by atoms with E-state index in [4.69, 9.17) is 10.5 Å². The van der Waals surface area contributed by atoms with Crippen LogP contribution in [0.3, 0.4) is 0 Å². The van der Waals surface area contributed by atoms with Crippen molar-refractivity contribution in [1.82, 2.24) is 4.98 Å². The zero-order valence-electron chi connectivity index (χ0n) is 11.3. The van der Waals surface area contributed by atoms with E-state index in [-0.39, 0.29) is 31.4 Å². The lowest BCUT2D eigenvalue weighted by atomic mass is 10.1. The van der Waals surface area contributed by atoms with Gasteiger partial charge in [-0.1, -0.05) is 18.2 Å². The molecule has 3 N–H and O–H groups in total. The summed E-state index contributed by atoms with van der Waals surface area (Å²) in [5, 5.41) is 2.30. The number of benzene rings is 2. The number of H-pyrrole nitrogens is 1. The number of hydrogen-bond donors (Lipinski definition) is 2. The van der Waals surface area contributed by atoms with Crippen LogP contribution in [0.4, 0.5) is 4.39 Å². The van der Waals surface area contributed by atoms with Gasteiger partial charge in [0.1, 0.15) is 18.2 Å². The number of aromatic amines is 1. The Kier molecular flexibility index (Phi) is 4.83. The largest absolute Gasteiger partial charge is 0.486 e. The Morgan fingerprint density at radius 3 is 2.71 bits per heavy atom. The normalized spacial score (nSPS) is 11.6. The molecule has 0 saturated heterocycles. The average Bonchev–Trinajstić information content (AvgIpc) is 2.83. The number of halogens is 2. The molecule has 0 saturated carbocycles. The Hall–Kier alpha value is -2.04. The van der Waals surface area contributed by atoms with Crippen molar-refractivity contribution in [3.63, 3.8) is 0 Å². The highest BCUT2D eigenvalue weighted by Crippen LogP contribution is 2.28. The quantitative estimate of drug-likeness (QED) is 0.767. The van der Waals surface area contributed by atoms with Crippen LogP contribution in [0, 0.1) is 0 Å². The third kappa shape index (κ3) is 3.17. The standard InChI is InChI=1S/C16H15FN2O.ClH/c17-11(7-8-18)10-20-12-5-6-14-13-3-1-2-4-15(13)19-16(14)9-12;/h1-7,9,19H,8,10,18H2;1H/b11-7-;. The van der Waals surface area contributed by atoms with Gasteiger partial charge in [0.05, 0.1) is 5.52 Å². The van der Waals surface area contributed by atoms with Crippen molar-refractivity contribution >= 4 is 34.2 Å². The molecule has 0 atom stereocenters. The van der Waals surface area contributed by atoms with Crippen molar-refractivity contribution in [1.29, 1.82) is 0 Å². The second kappa shape index (κ2) is 6.61. The highest BCUT2D eigenvalue weighted by Gasteiger charge is 2.05. The maximum Gasteiger partial charge on any atom is 0.139 e. The van der Waals surface area contributed by atoms with E-state index in [0.717, 1.165) is 16.4 Å². The van der Waals surface area contributed by atoms with Gasteiger partial charge >= 0.3 is 0 Å². The first-order valence-electron chi connectivity index (χ1n) is 6.46.